The summed E-state index contributed by atoms with van der Waals surface area (Å²) in [7, 11) is 4.04. The molecule has 0 aromatic heterocycles. The van der Waals surface area contributed by atoms with Crippen LogP contribution in [0.3, 0.4) is 0 Å². The zero-order chi connectivity index (χ0) is 19.3. The molecule has 0 spiro atoms. The van der Waals surface area contributed by atoms with Crippen molar-refractivity contribution in [1.29, 1.82) is 0 Å². The van der Waals surface area contributed by atoms with Crippen LogP contribution in [0.5, 0.6) is 5.75 Å². The molecule has 1 aromatic carbocycles. The highest BCUT2D eigenvalue weighted by Gasteiger charge is 2.38. The van der Waals surface area contributed by atoms with Crippen LogP contribution in [0.4, 0.5) is 0 Å². The van der Waals surface area contributed by atoms with Gasteiger partial charge in [-0.2, -0.15) is 0 Å². The minimum absolute atomic E-state index is 0.148. The second kappa shape index (κ2) is 8.87. The van der Waals surface area contributed by atoms with Gasteiger partial charge in [-0.05, 0) is 58.1 Å². The summed E-state index contributed by atoms with van der Waals surface area (Å²) in [5, 5.41) is 0. The number of ether oxygens (including phenoxy) is 3. The lowest BCUT2D eigenvalue weighted by molar-refractivity contribution is -0.135. The molecule has 1 fully saturated rings. The fourth-order valence-electron chi connectivity index (χ4n) is 3.08. The van der Waals surface area contributed by atoms with Crippen molar-refractivity contribution in [3.05, 3.63) is 29.8 Å². The Hall–Kier alpha value is -1.59. The first-order chi connectivity index (χ1) is 12.2. The zero-order valence-electron chi connectivity index (χ0n) is 17.0. The Morgan fingerprint density at radius 1 is 1.27 bits per heavy atom. The number of rotatable bonds is 7. The molecule has 0 bridgehead atoms. The molecule has 0 radical (unpaired) electrons. The smallest absolute Gasteiger partial charge is 0.338 e. The maximum Gasteiger partial charge on any atom is 0.338 e. The molecule has 1 heterocycles. The van der Waals surface area contributed by atoms with Crippen LogP contribution in [-0.2, 0) is 9.47 Å². The topological polar surface area (TPSA) is 48.0 Å². The van der Waals surface area contributed by atoms with Gasteiger partial charge >= 0.3 is 5.97 Å². The van der Waals surface area contributed by atoms with Crippen molar-refractivity contribution < 1.29 is 19.0 Å². The molecule has 0 unspecified atom stereocenters. The van der Waals surface area contributed by atoms with Gasteiger partial charge in [-0.3, -0.25) is 0 Å². The van der Waals surface area contributed by atoms with E-state index in [2.05, 4.69) is 18.7 Å². The first kappa shape index (κ1) is 20.7. The van der Waals surface area contributed by atoms with Gasteiger partial charge in [0.05, 0.1) is 24.4 Å². The molecule has 146 valence electrons. The lowest BCUT2D eigenvalue weighted by atomic mass is 9.88. The van der Waals surface area contributed by atoms with E-state index in [-0.39, 0.29) is 23.6 Å². The molecule has 1 aliphatic rings. The quantitative estimate of drug-likeness (QED) is 0.693. The van der Waals surface area contributed by atoms with Gasteiger partial charge in [-0.15, -0.1) is 0 Å². The Morgan fingerprint density at radius 2 is 1.92 bits per heavy atom. The molecule has 26 heavy (non-hydrogen) atoms. The first-order valence-corrected chi connectivity index (χ1v) is 9.39. The zero-order valence-corrected chi connectivity index (χ0v) is 17.0. The molecule has 1 aromatic rings. The Kier molecular flexibility index (Phi) is 7.07. The molecular weight excluding hydrogens is 330 g/mol. The second-order valence-electron chi connectivity index (χ2n) is 8.47. The maximum atomic E-state index is 12.6. The van der Waals surface area contributed by atoms with E-state index in [1.165, 1.54) is 0 Å². The van der Waals surface area contributed by atoms with E-state index in [9.17, 15) is 4.79 Å². The molecule has 2 rings (SSSR count). The summed E-state index contributed by atoms with van der Waals surface area (Å²) in [6.07, 6.45) is 0.554. The molecule has 0 N–H and O–H groups in total. The van der Waals surface area contributed by atoms with E-state index >= 15 is 0 Å². The predicted molar refractivity (Wildman–Crippen MR) is 103 cm³/mol. The van der Waals surface area contributed by atoms with Crippen LogP contribution >= 0.6 is 0 Å². The lowest BCUT2D eigenvalue weighted by Gasteiger charge is -2.41. The van der Waals surface area contributed by atoms with Gasteiger partial charge in [0, 0.05) is 18.9 Å². The van der Waals surface area contributed by atoms with Gasteiger partial charge in [0.2, 0.25) is 0 Å². The van der Waals surface area contributed by atoms with Gasteiger partial charge in [0.15, 0.2) is 0 Å². The molecule has 1 aliphatic heterocycles. The van der Waals surface area contributed by atoms with Gasteiger partial charge in [-0.25, -0.2) is 4.79 Å². The normalized spacial score (nSPS) is 22.5. The molecule has 0 amide bonds. The van der Waals surface area contributed by atoms with E-state index in [0.717, 1.165) is 12.3 Å². The summed E-state index contributed by atoms with van der Waals surface area (Å²) in [5.41, 5.74) is 0.275. The number of esters is 1. The summed E-state index contributed by atoms with van der Waals surface area (Å²) < 4.78 is 17.5. The number of hydrogen-bond acceptors (Lipinski definition) is 5. The van der Waals surface area contributed by atoms with Gasteiger partial charge in [0.1, 0.15) is 11.9 Å². The number of carbonyl (C=O) groups is 1. The molecule has 0 saturated carbocycles. The van der Waals surface area contributed by atoms with Crippen LogP contribution < -0.4 is 4.74 Å². The highest BCUT2D eigenvalue weighted by molar-refractivity contribution is 5.89. The average Bonchev–Trinajstić information content (AvgIpc) is 2.55. The summed E-state index contributed by atoms with van der Waals surface area (Å²) in [6, 6.07) is 7.18. The molecule has 1 saturated heterocycles. The third-order valence-electron chi connectivity index (χ3n) is 4.44. The fourth-order valence-corrected chi connectivity index (χ4v) is 3.08. The van der Waals surface area contributed by atoms with Gasteiger partial charge < -0.3 is 19.1 Å². The van der Waals surface area contributed by atoms with Crippen molar-refractivity contribution in [2.75, 3.05) is 33.9 Å². The highest BCUT2D eigenvalue weighted by Crippen LogP contribution is 2.31. The Morgan fingerprint density at radius 3 is 2.50 bits per heavy atom. The van der Waals surface area contributed by atoms with Crippen LogP contribution in [0, 0.1) is 11.8 Å². The van der Waals surface area contributed by atoms with Crippen LogP contribution in [0.15, 0.2) is 24.3 Å². The van der Waals surface area contributed by atoms with Gasteiger partial charge in [0.25, 0.3) is 0 Å². The summed E-state index contributed by atoms with van der Waals surface area (Å²) in [5.74, 6) is 1.13. The third kappa shape index (κ3) is 6.29. The van der Waals surface area contributed by atoms with Crippen LogP contribution in [0.1, 0.15) is 44.5 Å². The Bertz CT molecular complexity index is 580. The van der Waals surface area contributed by atoms with Crippen LogP contribution in [-0.4, -0.2) is 56.4 Å². The van der Waals surface area contributed by atoms with Crippen molar-refractivity contribution in [3.63, 3.8) is 0 Å². The number of benzene rings is 1. The number of carbonyl (C=O) groups excluding carboxylic acids is 1. The average molecular weight is 363 g/mol. The van der Waals surface area contributed by atoms with Crippen molar-refractivity contribution >= 4 is 5.97 Å². The summed E-state index contributed by atoms with van der Waals surface area (Å²) >= 11 is 0. The lowest BCUT2D eigenvalue weighted by Crippen LogP contribution is -2.48. The molecule has 5 heteroatoms. The number of nitrogens with zero attached hydrogens (tertiary/aromatic N) is 1. The van der Waals surface area contributed by atoms with Crippen LogP contribution in [0.25, 0.3) is 0 Å². The van der Waals surface area contributed by atoms with Gasteiger partial charge in [-0.1, -0.05) is 13.8 Å². The fraction of sp³-hybridized carbons (Fsp3) is 0.667. The van der Waals surface area contributed by atoms with E-state index in [1.807, 2.05) is 40.1 Å². The largest absolute Gasteiger partial charge is 0.493 e. The van der Waals surface area contributed by atoms with E-state index in [4.69, 9.17) is 14.2 Å². The monoisotopic (exact) mass is 363 g/mol. The van der Waals surface area contributed by atoms with Crippen LogP contribution in [0.2, 0.25) is 0 Å². The molecule has 2 atom stereocenters. The first-order valence-electron chi connectivity index (χ1n) is 9.39. The minimum atomic E-state index is -0.285. The standard InChI is InChI=1S/C21H33NO4/c1-15(2)13-24-18-9-7-16(8-10-18)20(23)26-19-11-21(3,4)25-14-17(19)12-22(5)6/h7-10,15,17,19H,11-14H2,1-6H3/t17-,19+/m0/s1. The minimum Gasteiger partial charge on any atom is -0.493 e. The maximum absolute atomic E-state index is 12.6. The molecular formula is C21H33NO4. The van der Waals surface area contributed by atoms with Crippen molar-refractivity contribution in [3.8, 4) is 5.75 Å². The van der Waals surface area contributed by atoms with Crippen molar-refractivity contribution in [2.45, 2.75) is 45.8 Å². The predicted octanol–water partition coefficient (Wildman–Crippen LogP) is 3.62. The SMILES string of the molecule is CC(C)COc1ccc(C(=O)O[C@@H]2CC(C)(C)OC[C@@H]2CN(C)C)cc1. The Balaban J connectivity index is 2.01. The summed E-state index contributed by atoms with van der Waals surface area (Å²) in [6.45, 7) is 10.4. The molecule has 5 nitrogen and oxygen atoms in total. The Labute approximate surface area is 157 Å². The van der Waals surface area contributed by atoms with Crippen molar-refractivity contribution in [2.24, 2.45) is 11.8 Å². The number of hydrogen-bond donors (Lipinski definition) is 0. The van der Waals surface area contributed by atoms with Crippen molar-refractivity contribution in [1.82, 2.24) is 4.90 Å². The third-order valence-corrected chi connectivity index (χ3v) is 4.44. The molecule has 0 aliphatic carbocycles. The summed E-state index contributed by atoms with van der Waals surface area (Å²) in [4.78, 5) is 14.7. The highest BCUT2D eigenvalue weighted by atomic mass is 16.6. The van der Waals surface area contributed by atoms with E-state index in [1.54, 1.807) is 12.1 Å². The second-order valence-corrected chi connectivity index (χ2v) is 8.47. The van der Waals surface area contributed by atoms with E-state index < -0.39 is 0 Å². The van der Waals surface area contributed by atoms with E-state index in [0.29, 0.717) is 31.1 Å².